The SMILES string of the molecule is C[C@@H](Oc1ccc2c(c1)CCCC2)C(=O)NCCCOC1CCCC1. The molecule has 3 rings (SSSR count). The maximum atomic E-state index is 12.2. The molecule has 0 aromatic heterocycles. The lowest BCUT2D eigenvalue weighted by atomic mass is 9.92. The minimum absolute atomic E-state index is 0.0569. The fraction of sp³-hybridized carbons (Fsp3) is 0.667. The molecule has 1 N–H and O–H groups in total. The molecular formula is C21H31NO3. The normalized spacial score (nSPS) is 18.6. The van der Waals surface area contributed by atoms with Crippen LogP contribution in [0, 0.1) is 0 Å². The molecule has 1 fully saturated rings. The number of ether oxygens (including phenoxy) is 2. The highest BCUT2D eigenvalue weighted by molar-refractivity contribution is 5.80. The molecule has 0 unspecified atom stereocenters. The first-order valence-corrected chi connectivity index (χ1v) is 9.90. The number of aryl methyl sites for hydroxylation is 2. The van der Waals surface area contributed by atoms with E-state index >= 15 is 0 Å². The maximum absolute atomic E-state index is 12.2. The van der Waals surface area contributed by atoms with E-state index in [4.69, 9.17) is 9.47 Å². The Hall–Kier alpha value is -1.55. The standard InChI is InChI=1S/C21H31NO3/c1-16(21(23)22-13-6-14-24-19-9-4-5-10-19)25-20-12-11-17-7-2-3-8-18(17)15-20/h11-12,15-16,19H,2-10,13-14H2,1H3,(H,22,23)/t16-/m1/s1. The Balaban J connectivity index is 1.35. The van der Waals surface area contributed by atoms with E-state index in [9.17, 15) is 4.79 Å². The summed E-state index contributed by atoms with van der Waals surface area (Å²) in [7, 11) is 0. The second-order valence-electron chi connectivity index (χ2n) is 7.32. The summed E-state index contributed by atoms with van der Waals surface area (Å²) < 4.78 is 11.6. The zero-order valence-corrected chi connectivity index (χ0v) is 15.4. The molecule has 0 aliphatic heterocycles. The molecule has 25 heavy (non-hydrogen) atoms. The lowest BCUT2D eigenvalue weighted by Gasteiger charge is -2.19. The van der Waals surface area contributed by atoms with Gasteiger partial charge in [0, 0.05) is 13.2 Å². The van der Waals surface area contributed by atoms with Gasteiger partial charge in [0.2, 0.25) is 0 Å². The average molecular weight is 345 g/mol. The molecule has 4 nitrogen and oxygen atoms in total. The summed E-state index contributed by atoms with van der Waals surface area (Å²) in [6.45, 7) is 3.18. The van der Waals surface area contributed by atoms with E-state index in [2.05, 4.69) is 17.4 Å². The van der Waals surface area contributed by atoms with Gasteiger partial charge in [-0.15, -0.1) is 0 Å². The van der Waals surface area contributed by atoms with Crippen LogP contribution in [0.4, 0.5) is 0 Å². The van der Waals surface area contributed by atoms with Gasteiger partial charge >= 0.3 is 0 Å². The van der Waals surface area contributed by atoms with Crippen LogP contribution in [0.25, 0.3) is 0 Å². The van der Waals surface area contributed by atoms with Crippen LogP contribution in [0.1, 0.15) is 63.0 Å². The summed E-state index contributed by atoms with van der Waals surface area (Å²) in [4.78, 5) is 12.2. The Morgan fingerprint density at radius 1 is 1.16 bits per heavy atom. The quantitative estimate of drug-likeness (QED) is 0.729. The molecule has 0 saturated heterocycles. The zero-order chi connectivity index (χ0) is 17.5. The van der Waals surface area contributed by atoms with Crippen LogP contribution in [0.2, 0.25) is 0 Å². The van der Waals surface area contributed by atoms with Crippen LogP contribution in [-0.4, -0.2) is 31.3 Å². The van der Waals surface area contributed by atoms with Gasteiger partial charge in [0.1, 0.15) is 5.75 Å². The Morgan fingerprint density at radius 3 is 2.72 bits per heavy atom. The predicted octanol–water partition coefficient (Wildman–Crippen LogP) is 3.80. The van der Waals surface area contributed by atoms with Gasteiger partial charge in [-0.05, 0) is 75.1 Å². The van der Waals surface area contributed by atoms with Crippen LogP contribution in [0.15, 0.2) is 18.2 Å². The van der Waals surface area contributed by atoms with Crippen molar-refractivity contribution >= 4 is 5.91 Å². The summed E-state index contributed by atoms with van der Waals surface area (Å²) in [6.07, 6.45) is 10.6. The molecule has 138 valence electrons. The second kappa shape index (κ2) is 9.23. The molecule has 0 bridgehead atoms. The molecule has 1 saturated carbocycles. The van der Waals surface area contributed by atoms with Crippen molar-refractivity contribution in [1.82, 2.24) is 5.32 Å². The lowest BCUT2D eigenvalue weighted by Crippen LogP contribution is -2.37. The van der Waals surface area contributed by atoms with Crippen molar-refractivity contribution in [2.45, 2.75) is 76.9 Å². The number of carbonyl (C=O) groups excluding carboxylic acids is 1. The van der Waals surface area contributed by atoms with Gasteiger partial charge in [-0.1, -0.05) is 18.9 Å². The monoisotopic (exact) mass is 345 g/mol. The van der Waals surface area contributed by atoms with Crippen LogP contribution < -0.4 is 10.1 Å². The Kier molecular flexibility index (Phi) is 6.74. The highest BCUT2D eigenvalue weighted by Gasteiger charge is 2.17. The molecule has 2 aliphatic carbocycles. The Labute approximate surface area is 151 Å². The van der Waals surface area contributed by atoms with E-state index < -0.39 is 6.10 Å². The van der Waals surface area contributed by atoms with E-state index in [1.165, 1.54) is 49.7 Å². The first-order valence-electron chi connectivity index (χ1n) is 9.90. The van der Waals surface area contributed by atoms with Crippen molar-refractivity contribution < 1.29 is 14.3 Å². The third-order valence-electron chi connectivity index (χ3n) is 5.28. The third kappa shape index (κ3) is 5.46. The number of benzene rings is 1. The number of fused-ring (bicyclic) bond motifs is 1. The van der Waals surface area contributed by atoms with E-state index in [0.717, 1.165) is 31.6 Å². The molecule has 1 amide bonds. The van der Waals surface area contributed by atoms with Gasteiger partial charge in [0.15, 0.2) is 6.10 Å². The molecule has 0 heterocycles. The van der Waals surface area contributed by atoms with Crippen molar-refractivity contribution in [3.8, 4) is 5.75 Å². The summed E-state index contributed by atoms with van der Waals surface area (Å²) in [5.41, 5.74) is 2.80. The first-order chi connectivity index (χ1) is 12.2. The van der Waals surface area contributed by atoms with Gasteiger partial charge in [-0.25, -0.2) is 0 Å². The first kappa shape index (κ1) is 18.2. The number of hydrogen-bond donors (Lipinski definition) is 1. The smallest absolute Gasteiger partial charge is 0.260 e. The van der Waals surface area contributed by atoms with Crippen LogP contribution in [0.3, 0.4) is 0 Å². The Morgan fingerprint density at radius 2 is 1.92 bits per heavy atom. The maximum Gasteiger partial charge on any atom is 0.260 e. The molecular weight excluding hydrogens is 314 g/mol. The van der Waals surface area contributed by atoms with Crippen molar-refractivity contribution in [3.63, 3.8) is 0 Å². The zero-order valence-electron chi connectivity index (χ0n) is 15.4. The van der Waals surface area contributed by atoms with E-state index in [-0.39, 0.29) is 5.91 Å². The second-order valence-corrected chi connectivity index (χ2v) is 7.32. The summed E-state index contributed by atoms with van der Waals surface area (Å²) in [5, 5.41) is 2.95. The summed E-state index contributed by atoms with van der Waals surface area (Å²) >= 11 is 0. The molecule has 1 atom stereocenters. The number of nitrogens with one attached hydrogen (secondary N) is 1. The summed E-state index contributed by atoms with van der Waals surface area (Å²) in [5.74, 6) is 0.742. The molecule has 2 aliphatic rings. The highest BCUT2D eigenvalue weighted by Crippen LogP contribution is 2.26. The number of hydrogen-bond acceptors (Lipinski definition) is 3. The largest absolute Gasteiger partial charge is 0.481 e. The molecule has 4 heteroatoms. The van der Waals surface area contributed by atoms with Crippen molar-refractivity contribution in [2.24, 2.45) is 0 Å². The van der Waals surface area contributed by atoms with Gasteiger partial charge in [-0.3, -0.25) is 4.79 Å². The average Bonchev–Trinajstić information content (AvgIpc) is 3.14. The topological polar surface area (TPSA) is 47.6 Å². The Bertz CT molecular complexity index is 566. The molecule has 0 radical (unpaired) electrons. The number of rotatable bonds is 8. The predicted molar refractivity (Wildman–Crippen MR) is 99.0 cm³/mol. The fourth-order valence-electron chi connectivity index (χ4n) is 3.77. The minimum Gasteiger partial charge on any atom is -0.481 e. The van der Waals surface area contributed by atoms with E-state index in [1.54, 1.807) is 0 Å². The van der Waals surface area contributed by atoms with Gasteiger partial charge in [0.05, 0.1) is 6.10 Å². The van der Waals surface area contributed by atoms with Crippen molar-refractivity contribution in [1.29, 1.82) is 0 Å². The van der Waals surface area contributed by atoms with Crippen molar-refractivity contribution in [2.75, 3.05) is 13.2 Å². The van der Waals surface area contributed by atoms with E-state index in [1.807, 2.05) is 13.0 Å². The van der Waals surface area contributed by atoms with Gasteiger partial charge in [0.25, 0.3) is 5.91 Å². The molecule has 0 spiro atoms. The lowest BCUT2D eigenvalue weighted by molar-refractivity contribution is -0.127. The van der Waals surface area contributed by atoms with E-state index in [0.29, 0.717) is 12.6 Å². The third-order valence-corrected chi connectivity index (χ3v) is 5.28. The number of amides is 1. The van der Waals surface area contributed by atoms with Crippen LogP contribution in [0.5, 0.6) is 5.75 Å². The fourth-order valence-corrected chi connectivity index (χ4v) is 3.77. The summed E-state index contributed by atoms with van der Waals surface area (Å²) in [6, 6.07) is 6.24. The van der Waals surface area contributed by atoms with Gasteiger partial charge < -0.3 is 14.8 Å². The van der Waals surface area contributed by atoms with Crippen LogP contribution >= 0.6 is 0 Å². The molecule has 1 aromatic carbocycles. The molecule has 1 aromatic rings. The van der Waals surface area contributed by atoms with Crippen molar-refractivity contribution in [3.05, 3.63) is 29.3 Å². The highest BCUT2D eigenvalue weighted by atomic mass is 16.5. The van der Waals surface area contributed by atoms with Gasteiger partial charge in [-0.2, -0.15) is 0 Å². The van der Waals surface area contributed by atoms with Crippen LogP contribution in [-0.2, 0) is 22.4 Å². The minimum atomic E-state index is -0.475. The number of carbonyl (C=O) groups is 1.